The summed E-state index contributed by atoms with van der Waals surface area (Å²) in [5.41, 5.74) is 8.23. The second-order valence-corrected chi connectivity index (χ2v) is 5.95. The normalized spacial score (nSPS) is 24.0. The van der Waals surface area contributed by atoms with Gasteiger partial charge in [0.05, 0.1) is 6.04 Å². The summed E-state index contributed by atoms with van der Waals surface area (Å²) < 4.78 is 0. The van der Waals surface area contributed by atoms with E-state index in [1.54, 1.807) is 0 Å². The molecule has 0 spiro atoms. The maximum absolute atomic E-state index is 11.6. The molecule has 0 saturated carbocycles. The number of amides is 1. The minimum atomic E-state index is -0.258. The van der Waals surface area contributed by atoms with Gasteiger partial charge in [-0.3, -0.25) is 10.1 Å². The van der Waals surface area contributed by atoms with Crippen LogP contribution in [0.5, 0.6) is 0 Å². The van der Waals surface area contributed by atoms with E-state index in [4.69, 9.17) is 5.73 Å². The maximum Gasteiger partial charge on any atom is 0.234 e. The molecule has 1 aliphatic carbocycles. The molecular weight excluding hydrogens is 236 g/mol. The Labute approximate surface area is 115 Å². The van der Waals surface area contributed by atoms with Crippen molar-refractivity contribution in [2.45, 2.75) is 51.6 Å². The fourth-order valence-electron chi connectivity index (χ4n) is 3.00. The van der Waals surface area contributed by atoms with E-state index in [9.17, 15) is 4.79 Å². The number of hydrogen-bond donors (Lipinski definition) is 2. The molecule has 0 heterocycles. The van der Waals surface area contributed by atoms with E-state index in [0.717, 1.165) is 12.8 Å². The smallest absolute Gasteiger partial charge is 0.234 e. The van der Waals surface area contributed by atoms with Gasteiger partial charge >= 0.3 is 0 Å². The van der Waals surface area contributed by atoms with Crippen molar-refractivity contribution in [1.82, 2.24) is 5.32 Å². The van der Waals surface area contributed by atoms with Crippen molar-refractivity contribution in [2.24, 2.45) is 11.7 Å². The van der Waals surface area contributed by atoms with Crippen molar-refractivity contribution < 1.29 is 4.79 Å². The molecule has 3 heteroatoms. The Bertz CT molecular complexity index is 456. The van der Waals surface area contributed by atoms with Crippen LogP contribution in [0, 0.1) is 5.92 Å². The Morgan fingerprint density at radius 2 is 1.89 bits per heavy atom. The molecule has 1 aromatic rings. The van der Waals surface area contributed by atoms with Crippen LogP contribution in [-0.2, 0) is 4.79 Å². The Kier molecular flexibility index (Phi) is 4.25. The van der Waals surface area contributed by atoms with Crippen LogP contribution in [0.15, 0.2) is 24.3 Å². The highest BCUT2D eigenvalue weighted by atomic mass is 16.1. The summed E-state index contributed by atoms with van der Waals surface area (Å²) in [7, 11) is 0. The summed E-state index contributed by atoms with van der Waals surface area (Å²) >= 11 is 0. The number of hydrogen-bond acceptors (Lipinski definition) is 2. The third-order valence-electron chi connectivity index (χ3n) is 4.14. The molecule has 0 aromatic heterocycles. The standard InChI is InChI=1S/C16H24N2O/c1-10(2)15(16(17)19)18-14-9-8-11(3)12-6-4-5-7-13(12)14/h4-7,10-11,14-15,18H,8-9H2,1-3H3,(H2,17,19). The predicted octanol–water partition coefficient (Wildman–Crippen LogP) is 2.72. The predicted molar refractivity (Wildman–Crippen MR) is 77.8 cm³/mol. The molecule has 0 saturated heterocycles. The summed E-state index contributed by atoms with van der Waals surface area (Å²) in [6, 6.07) is 8.51. The quantitative estimate of drug-likeness (QED) is 0.874. The van der Waals surface area contributed by atoms with Crippen LogP contribution in [0.4, 0.5) is 0 Å². The lowest BCUT2D eigenvalue weighted by Gasteiger charge is -2.33. The Hall–Kier alpha value is -1.35. The number of nitrogens with two attached hydrogens (primary N) is 1. The van der Waals surface area contributed by atoms with Gasteiger partial charge in [-0.05, 0) is 35.8 Å². The first-order chi connectivity index (χ1) is 9.00. The molecule has 0 radical (unpaired) electrons. The fraction of sp³-hybridized carbons (Fsp3) is 0.562. The van der Waals surface area contributed by atoms with E-state index in [0.29, 0.717) is 5.92 Å². The molecule has 0 bridgehead atoms. The van der Waals surface area contributed by atoms with Gasteiger partial charge in [0, 0.05) is 6.04 Å². The number of primary amides is 1. The first-order valence-corrected chi connectivity index (χ1v) is 7.15. The van der Waals surface area contributed by atoms with Gasteiger partial charge in [0.1, 0.15) is 0 Å². The Morgan fingerprint density at radius 1 is 1.26 bits per heavy atom. The second kappa shape index (κ2) is 5.74. The number of nitrogens with one attached hydrogen (secondary N) is 1. The Morgan fingerprint density at radius 3 is 2.47 bits per heavy atom. The van der Waals surface area contributed by atoms with Gasteiger partial charge in [-0.25, -0.2) is 0 Å². The summed E-state index contributed by atoms with van der Waals surface area (Å²) in [5, 5.41) is 3.46. The average Bonchev–Trinajstić information content (AvgIpc) is 2.37. The number of benzene rings is 1. The zero-order chi connectivity index (χ0) is 14.0. The van der Waals surface area contributed by atoms with Gasteiger partial charge in [0.15, 0.2) is 0 Å². The van der Waals surface area contributed by atoms with Crippen molar-refractivity contribution in [3.63, 3.8) is 0 Å². The lowest BCUT2D eigenvalue weighted by atomic mass is 9.80. The third-order valence-corrected chi connectivity index (χ3v) is 4.14. The van der Waals surface area contributed by atoms with Crippen molar-refractivity contribution in [3.05, 3.63) is 35.4 Å². The van der Waals surface area contributed by atoms with Crippen molar-refractivity contribution in [2.75, 3.05) is 0 Å². The van der Waals surface area contributed by atoms with Crippen LogP contribution >= 0.6 is 0 Å². The number of rotatable bonds is 4. The summed E-state index contributed by atoms with van der Waals surface area (Å²) in [6.07, 6.45) is 2.22. The van der Waals surface area contributed by atoms with Crippen LogP contribution in [0.25, 0.3) is 0 Å². The van der Waals surface area contributed by atoms with E-state index >= 15 is 0 Å². The molecule has 1 aliphatic rings. The van der Waals surface area contributed by atoms with Crippen LogP contribution < -0.4 is 11.1 Å². The average molecular weight is 260 g/mol. The van der Waals surface area contributed by atoms with Crippen LogP contribution in [0.1, 0.15) is 56.7 Å². The molecule has 0 aliphatic heterocycles. The lowest BCUT2D eigenvalue weighted by Crippen LogP contribution is -2.47. The van der Waals surface area contributed by atoms with Crippen molar-refractivity contribution in [1.29, 1.82) is 0 Å². The molecule has 3 atom stereocenters. The van der Waals surface area contributed by atoms with Crippen LogP contribution in [0.2, 0.25) is 0 Å². The van der Waals surface area contributed by atoms with Crippen molar-refractivity contribution in [3.8, 4) is 0 Å². The van der Waals surface area contributed by atoms with Crippen LogP contribution in [0.3, 0.4) is 0 Å². The van der Waals surface area contributed by atoms with Gasteiger partial charge in [0.2, 0.25) is 5.91 Å². The minimum absolute atomic E-state index is 0.212. The highest BCUT2D eigenvalue weighted by Gasteiger charge is 2.28. The topological polar surface area (TPSA) is 55.1 Å². The van der Waals surface area contributed by atoms with Gasteiger partial charge in [0.25, 0.3) is 0 Å². The van der Waals surface area contributed by atoms with E-state index in [1.165, 1.54) is 11.1 Å². The summed E-state index contributed by atoms with van der Waals surface area (Å²) in [5.74, 6) is 0.551. The van der Waals surface area contributed by atoms with Crippen molar-refractivity contribution >= 4 is 5.91 Å². The zero-order valence-corrected chi connectivity index (χ0v) is 12.0. The lowest BCUT2D eigenvalue weighted by molar-refractivity contribution is -0.121. The second-order valence-electron chi connectivity index (χ2n) is 5.95. The highest BCUT2D eigenvalue weighted by Crippen LogP contribution is 2.37. The number of carbonyl (C=O) groups is 1. The van der Waals surface area contributed by atoms with Crippen LogP contribution in [-0.4, -0.2) is 11.9 Å². The first-order valence-electron chi connectivity index (χ1n) is 7.15. The molecule has 0 fully saturated rings. The monoisotopic (exact) mass is 260 g/mol. The first kappa shape index (κ1) is 14.1. The molecular formula is C16H24N2O. The van der Waals surface area contributed by atoms with Gasteiger partial charge < -0.3 is 5.73 Å². The molecule has 3 N–H and O–H groups in total. The SMILES string of the molecule is CC1CCC(NC(C(N)=O)C(C)C)c2ccccc21. The zero-order valence-electron chi connectivity index (χ0n) is 12.0. The van der Waals surface area contributed by atoms with E-state index in [2.05, 4.69) is 36.5 Å². The molecule has 3 unspecified atom stereocenters. The molecule has 104 valence electrons. The number of fused-ring (bicyclic) bond motifs is 1. The highest BCUT2D eigenvalue weighted by molar-refractivity contribution is 5.80. The largest absolute Gasteiger partial charge is 0.368 e. The molecule has 1 amide bonds. The van der Waals surface area contributed by atoms with E-state index in [1.807, 2.05) is 13.8 Å². The maximum atomic E-state index is 11.6. The summed E-state index contributed by atoms with van der Waals surface area (Å²) in [4.78, 5) is 11.6. The Balaban J connectivity index is 2.23. The summed E-state index contributed by atoms with van der Waals surface area (Å²) in [6.45, 7) is 6.32. The fourth-order valence-corrected chi connectivity index (χ4v) is 3.00. The van der Waals surface area contributed by atoms with Gasteiger partial charge in [-0.1, -0.05) is 45.0 Å². The molecule has 2 rings (SSSR count). The van der Waals surface area contributed by atoms with E-state index < -0.39 is 0 Å². The molecule has 19 heavy (non-hydrogen) atoms. The van der Waals surface area contributed by atoms with E-state index in [-0.39, 0.29) is 23.9 Å². The van der Waals surface area contributed by atoms with Gasteiger partial charge in [-0.2, -0.15) is 0 Å². The van der Waals surface area contributed by atoms with Gasteiger partial charge in [-0.15, -0.1) is 0 Å². The third kappa shape index (κ3) is 2.98. The molecule has 3 nitrogen and oxygen atoms in total. The molecule has 1 aromatic carbocycles. The minimum Gasteiger partial charge on any atom is -0.368 e. The number of carbonyl (C=O) groups excluding carboxylic acids is 1.